The molecule has 94 valence electrons. The molecule has 0 aromatic heterocycles. The zero-order valence-corrected chi connectivity index (χ0v) is 10.6. The first-order chi connectivity index (χ1) is 8.25. The highest BCUT2D eigenvalue weighted by Crippen LogP contribution is 2.28. The Labute approximate surface area is 104 Å². The maximum absolute atomic E-state index is 9.33. The van der Waals surface area contributed by atoms with E-state index in [4.69, 9.17) is 0 Å². The Morgan fingerprint density at radius 3 is 2.76 bits per heavy atom. The van der Waals surface area contributed by atoms with Crippen LogP contribution in [-0.2, 0) is 6.42 Å². The van der Waals surface area contributed by atoms with Gasteiger partial charge in [-0.2, -0.15) is 0 Å². The lowest BCUT2D eigenvalue weighted by atomic mass is 9.94. The molecule has 2 heteroatoms. The summed E-state index contributed by atoms with van der Waals surface area (Å²) in [5.41, 5.74) is 1.43. The second-order valence-electron chi connectivity index (χ2n) is 5.24. The molecule has 2 nitrogen and oxygen atoms in total. The first-order valence-corrected chi connectivity index (χ1v) is 6.71. The molecule has 1 fully saturated rings. The predicted octanol–water partition coefficient (Wildman–Crippen LogP) is 2.37. The molecule has 1 aromatic carbocycles. The minimum atomic E-state index is -0.243. The van der Waals surface area contributed by atoms with Crippen molar-refractivity contribution in [3.8, 4) is 0 Å². The van der Waals surface area contributed by atoms with Crippen molar-refractivity contribution < 1.29 is 5.11 Å². The zero-order valence-electron chi connectivity index (χ0n) is 10.6. The Kier molecular flexibility index (Phi) is 4.57. The smallest absolute Gasteiger partial charge is 0.0636 e. The number of nitrogens with one attached hydrogen (secondary N) is 1. The highest BCUT2D eigenvalue weighted by molar-refractivity contribution is 5.16. The van der Waals surface area contributed by atoms with E-state index in [1.54, 1.807) is 0 Å². The molecule has 3 atom stereocenters. The Hall–Kier alpha value is -0.860. The van der Waals surface area contributed by atoms with Gasteiger partial charge in [-0.15, -0.1) is 0 Å². The van der Waals surface area contributed by atoms with Gasteiger partial charge in [0.15, 0.2) is 0 Å². The molecule has 2 rings (SSSR count). The highest BCUT2D eigenvalue weighted by atomic mass is 16.3. The van der Waals surface area contributed by atoms with E-state index in [2.05, 4.69) is 35.6 Å². The van der Waals surface area contributed by atoms with Crippen LogP contribution in [0.4, 0.5) is 0 Å². The molecule has 1 aromatic rings. The van der Waals surface area contributed by atoms with Crippen LogP contribution < -0.4 is 5.32 Å². The molecule has 1 saturated carbocycles. The molecule has 17 heavy (non-hydrogen) atoms. The van der Waals surface area contributed by atoms with Gasteiger partial charge in [0.05, 0.1) is 6.10 Å². The summed E-state index contributed by atoms with van der Waals surface area (Å²) in [4.78, 5) is 0. The summed E-state index contributed by atoms with van der Waals surface area (Å²) >= 11 is 0. The summed E-state index contributed by atoms with van der Waals surface area (Å²) in [5.74, 6) is 0.733. The van der Waals surface area contributed by atoms with Gasteiger partial charge in [-0.1, -0.05) is 36.8 Å². The van der Waals surface area contributed by atoms with Gasteiger partial charge >= 0.3 is 0 Å². The molecule has 0 spiro atoms. The maximum atomic E-state index is 9.33. The lowest BCUT2D eigenvalue weighted by molar-refractivity contribution is 0.182. The van der Waals surface area contributed by atoms with Gasteiger partial charge in [-0.25, -0.2) is 0 Å². The standard InChI is InChI=1S/C15H23NO/c1-12(17)11-16-15-9-5-8-14(15)10-13-6-3-2-4-7-13/h2-4,6-7,12,14-17H,5,8-11H2,1H3. The monoisotopic (exact) mass is 233 g/mol. The number of hydrogen-bond donors (Lipinski definition) is 2. The molecule has 0 radical (unpaired) electrons. The van der Waals surface area contributed by atoms with Gasteiger partial charge in [0.2, 0.25) is 0 Å². The Balaban J connectivity index is 1.87. The summed E-state index contributed by atoms with van der Waals surface area (Å²) in [6.07, 6.45) is 4.80. The van der Waals surface area contributed by atoms with E-state index in [0.29, 0.717) is 6.04 Å². The Morgan fingerprint density at radius 2 is 2.06 bits per heavy atom. The van der Waals surface area contributed by atoms with E-state index < -0.39 is 0 Å². The Morgan fingerprint density at radius 1 is 1.29 bits per heavy atom. The van der Waals surface area contributed by atoms with E-state index in [1.165, 1.54) is 24.8 Å². The SMILES string of the molecule is CC(O)CNC1CCCC1Cc1ccccc1. The van der Waals surface area contributed by atoms with Crippen LogP contribution in [0.15, 0.2) is 30.3 Å². The fourth-order valence-corrected chi connectivity index (χ4v) is 2.79. The lowest BCUT2D eigenvalue weighted by Gasteiger charge is -2.22. The second kappa shape index (κ2) is 6.18. The van der Waals surface area contributed by atoms with Gasteiger partial charge in [0.1, 0.15) is 0 Å². The van der Waals surface area contributed by atoms with Crippen LogP contribution in [0.5, 0.6) is 0 Å². The second-order valence-corrected chi connectivity index (χ2v) is 5.24. The van der Waals surface area contributed by atoms with Crippen molar-refractivity contribution in [3.05, 3.63) is 35.9 Å². The maximum Gasteiger partial charge on any atom is 0.0636 e. The molecule has 0 bridgehead atoms. The molecule has 0 heterocycles. The lowest BCUT2D eigenvalue weighted by Crippen LogP contribution is -2.37. The minimum absolute atomic E-state index is 0.243. The topological polar surface area (TPSA) is 32.3 Å². The number of benzene rings is 1. The molecule has 0 amide bonds. The van der Waals surface area contributed by atoms with Gasteiger partial charge in [0, 0.05) is 12.6 Å². The van der Waals surface area contributed by atoms with Crippen molar-refractivity contribution >= 4 is 0 Å². The molecule has 3 unspecified atom stereocenters. The number of hydrogen-bond acceptors (Lipinski definition) is 2. The average molecular weight is 233 g/mol. The molecule has 0 saturated heterocycles. The third-order valence-corrected chi connectivity index (χ3v) is 3.68. The van der Waals surface area contributed by atoms with E-state index in [0.717, 1.165) is 18.9 Å². The van der Waals surface area contributed by atoms with Crippen LogP contribution in [0.3, 0.4) is 0 Å². The van der Waals surface area contributed by atoms with Crippen LogP contribution >= 0.6 is 0 Å². The van der Waals surface area contributed by atoms with E-state index >= 15 is 0 Å². The molecular formula is C15H23NO. The summed E-state index contributed by atoms with van der Waals surface area (Å²) in [7, 11) is 0. The summed E-state index contributed by atoms with van der Waals surface area (Å²) < 4.78 is 0. The number of aliphatic hydroxyl groups is 1. The number of aliphatic hydroxyl groups excluding tert-OH is 1. The molecular weight excluding hydrogens is 210 g/mol. The van der Waals surface area contributed by atoms with E-state index in [-0.39, 0.29) is 6.10 Å². The fraction of sp³-hybridized carbons (Fsp3) is 0.600. The fourth-order valence-electron chi connectivity index (χ4n) is 2.79. The van der Waals surface area contributed by atoms with Crippen molar-refractivity contribution in [2.24, 2.45) is 5.92 Å². The highest BCUT2D eigenvalue weighted by Gasteiger charge is 2.26. The van der Waals surface area contributed by atoms with Crippen LogP contribution in [0, 0.1) is 5.92 Å². The first-order valence-electron chi connectivity index (χ1n) is 6.71. The predicted molar refractivity (Wildman–Crippen MR) is 71.0 cm³/mol. The normalized spacial score (nSPS) is 26.0. The van der Waals surface area contributed by atoms with Gasteiger partial charge in [-0.3, -0.25) is 0 Å². The summed E-state index contributed by atoms with van der Waals surface area (Å²) in [5, 5.41) is 12.8. The third-order valence-electron chi connectivity index (χ3n) is 3.68. The van der Waals surface area contributed by atoms with Gasteiger partial charge in [0.25, 0.3) is 0 Å². The Bertz CT molecular complexity index is 323. The van der Waals surface area contributed by atoms with Gasteiger partial charge < -0.3 is 10.4 Å². The van der Waals surface area contributed by atoms with Crippen LogP contribution in [0.25, 0.3) is 0 Å². The van der Waals surface area contributed by atoms with Crippen molar-refractivity contribution in [2.75, 3.05) is 6.54 Å². The average Bonchev–Trinajstić information content (AvgIpc) is 2.75. The molecule has 1 aliphatic rings. The largest absolute Gasteiger partial charge is 0.392 e. The van der Waals surface area contributed by atoms with E-state index in [9.17, 15) is 5.11 Å². The van der Waals surface area contributed by atoms with Crippen LogP contribution in [0.1, 0.15) is 31.7 Å². The first kappa shape index (κ1) is 12.6. The molecule has 1 aliphatic carbocycles. The summed E-state index contributed by atoms with van der Waals surface area (Å²) in [6, 6.07) is 11.3. The van der Waals surface area contributed by atoms with Crippen LogP contribution in [0.2, 0.25) is 0 Å². The zero-order chi connectivity index (χ0) is 12.1. The van der Waals surface area contributed by atoms with E-state index in [1.807, 2.05) is 6.92 Å². The van der Waals surface area contributed by atoms with Crippen molar-refractivity contribution in [1.29, 1.82) is 0 Å². The van der Waals surface area contributed by atoms with Crippen molar-refractivity contribution in [1.82, 2.24) is 5.32 Å². The van der Waals surface area contributed by atoms with Crippen molar-refractivity contribution in [2.45, 2.75) is 44.8 Å². The number of rotatable bonds is 5. The molecule has 0 aliphatic heterocycles. The minimum Gasteiger partial charge on any atom is -0.392 e. The molecule has 2 N–H and O–H groups in total. The third kappa shape index (κ3) is 3.83. The quantitative estimate of drug-likeness (QED) is 0.818. The van der Waals surface area contributed by atoms with Crippen molar-refractivity contribution in [3.63, 3.8) is 0 Å². The summed E-state index contributed by atoms with van der Waals surface area (Å²) in [6.45, 7) is 2.56. The van der Waals surface area contributed by atoms with Crippen LogP contribution in [-0.4, -0.2) is 23.8 Å². The van der Waals surface area contributed by atoms with Gasteiger partial charge in [-0.05, 0) is 37.7 Å².